The van der Waals surface area contributed by atoms with Crippen molar-refractivity contribution in [2.45, 2.75) is 57.0 Å². The molecule has 2 rings (SSSR count). The second kappa shape index (κ2) is 13.3. The predicted octanol–water partition coefficient (Wildman–Crippen LogP) is 4.24. The smallest absolute Gasteiger partial charge is 0.0351 e. The molecule has 2 nitrogen and oxygen atoms in total. The van der Waals surface area contributed by atoms with Crippen molar-refractivity contribution in [2.75, 3.05) is 41.5 Å². The number of ether oxygens (including phenoxy) is 1. The topological polar surface area (TPSA) is 12.5 Å². The van der Waals surface area contributed by atoms with Crippen molar-refractivity contribution in [3.63, 3.8) is 0 Å². The third-order valence-electron chi connectivity index (χ3n) is 3.86. The molecule has 2 aliphatic rings. The zero-order valence-corrected chi connectivity index (χ0v) is 14.9. The molecule has 116 valence electrons. The van der Waals surface area contributed by atoms with E-state index in [-0.39, 0.29) is 0 Å². The van der Waals surface area contributed by atoms with E-state index in [0.29, 0.717) is 0 Å². The number of methoxy groups -OCH3 is 1. The summed E-state index contributed by atoms with van der Waals surface area (Å²) in [4.78, 5) is 2.30. The van der Waals surface area contributed by atoms with E-state index in [4.69, 9.17) is 0 Å². The molecule has 2 saturated carbocycles. The first-order chi connectivity index (χ1) is 9.13. The molecular formula is C16H36NOP. The highest BCUT2D eigenvalue weighted by Crippen LogP contribution is 2.31. The number of hydrogen-bond donors (Lipinski definition) is 0. The summed E-state index contributed by atoms with van der Waals surface area (Å²) < 4.78 is 4.25. The Bertz CT molecular complexity index is 176. The van der Waals surface area contributed by atoms with Crippen LogP contribution in [-0.2, 0) is 4.74 Å². The molecular weight excluding hydrogens is 253 g/mol. The van der Waals surface area contributed by atoms with Gasteiger partial charge < -0.3 is 9.64 Å². The summed E-state index contributed by atoms with van der Waals surface area (Å²) in [6.07, 6.45) is 11.9. The molecule has 19 heavy (non-hydrogen) atoms. The van der Waals surface area contributed by atoms with Crippen LogP contribution in [0.15, 0.2) is 0 Å². The molecule has 1 atom stereocenters. The molecule has 0 amide bonds. The minimum atomic E-state index is 1.01. The highest BCUT2D eigenvalue weighted by molar-refractivity contribution is 7.37. The number of nitrogens with zero attached hydrogens (tertiary/aromatic N) is 1. The molecule has 0 bridgehead atoms. The molecule has 3 heteroatoms. The Morgan fingerprint density at radius 1 is 0.947 bits per heavy atom. The molecule has 0 aromatic carbocycles. The monoisotopic (exact) mass is 289 g/mol. The third-order valence-corrected chi connectivity index (χ3v) is 5.26. The highest BCUT2D eigenvalue weighted by Gasteiger charge is 2.14. The minimum Gasteiger partial charge on any atom is -0.388 e. The lowest BCUT2D eigenvalue weighted by atomic mass is 10.1. The molecule has 2 aliphatic carbocycles. The molecule has 0 N–H and O–H groups in total. The van der Waals surface area contributed by atoms with Gasteiger partial charge in [-0.25, -0.2) is 0 Å². The van der Waals surface area contributed by atoms with Crippen molar-refractivity contribution in [2.24, 2.45) is 5.92 Å². The summed E-state index contributed by atoms with van der Waals surface area (Å²) in [6.45, 7) is 3.63. The van der Waals surface area contributed by atoms with Crippen LogP contribution in [0.25, 0.3) is 0 Å². The van der Waals surface area contributed by atoms with Gasteiger partial charge in [0.05, 0.1) is 0 Å². The SMILES string of the molecule is CN(C)CC1CCCC1.COC.CPC1CCCC1. The Hall–Kier alpha value is 0.350. The second-order valence-electron chi connectivity index (χ2n) is 6.09. The maximum Gasteiger partial charge on any atom is 0.0351 e. The van der Waals surface area contributed by atoms with Crippen LogP contribution in [0.2, 0.25) is 0 Å². The van der Waals surface area contributed by atoms with E-state index in [1.165, 1.54) is 66.5 Å². The van der Waals surface area contributed by atoms with Crippen LogP contribution in [0.1, 0.15) is 51.4 Å². The van der Waals surface area contributed by atoms with Crippen LogP contribution in [0, 0.1) is 5.92 Å². The molecule has 0 heterocycles. The van der Waals surface area contributed by atoms with Crippen molar-refractivity contribution < 1.29 is 4.74 Å². The largest absolute Gasteiger partial charge is 0.388 e. The van der Waals surface area contributed by atoms with Gasteiger partial charge in [0.1, 0.15) is 0 Å². The second-order valence-corrected chi connectivity index (χ2v) is 7.48. The first-order valence-electron chi connectivity index (χ1n) is 7.86. The van der Waals surface area contributed by atoms with Gasteiger partial charge in [-0.05, 0) is 58.0 Å². The van der Waals surface area contributed by atoms with Gasteiger partial charge in [0.25, 0.3) is 0 Å². The molecule has 1 unspecified atom stereocenters. The zero-order chi connectivity index (χ0) is 14.5. The van der Waals surface area contributed by atoms with E-state index in [0.717, 1.165) is 11.6 Å². The van der Waals surface area contributed by atoms with Crippen molar-refractivity contribution in [3.05, 3.63) is 0 Å². The zero-order valence-electron chi connectivity index (χ0n) is 13.9. The van der Waals surface area contributed by atoms with Crippen LogP contribution in [0.4, 0.5) is 0 Å². The van der Waals surface area contributed by atoms with Crippen LogP contribution >= 0.6 is 8.58 Å². The molecule has 0 spiro atoms. The summed E-state index contributed by atoms with van der Waals surface area (Å²) in [5.41, 5.74) is 1.12. The molecule has 0 radical (unpaired) electrons. The summed E-state index contributed by atoms with van der Waals surface area (Å²) in [7, 11) is 8.79. The van der Waals surface area contributed by atoms with E-state index < -0.39 is 0 Å². The Morgan fingerprint density at radius 2 is 1.37 bits per heavy atom. The minimum absolute atomic E-state index is 1.01. The summed E-state index contributed by atoms with van der Waals surface area (Å²) >= 11 is 0. The van der Waals surface area contributed by atoms with Gasteiger partial charge in [0.2, 0.25) is 0 Å². The van der Waals surface area contributed by atoms with Gasteiger partial charge in [0.15, 0.2) is 0 Å². The van der Waals surface area contributed by atoms with Gasteiger partial charge in [-0.15, -0.1) is 8.58 Å². The Labute approximate surface area is 123 Å². The maximum atomic E-state index is 4.25. The first kappa shape index (κ1) is 19.4. The van der Waals surface area contributed by atoms with Crippen LogP contribution in [-0.4, -0.2) is 52.1 Å². The average Bonchev–Trinajstić information content (AvgIpc) is 3.01. The summed E-state index contributed by atoms with van der Waals surface area (Å²) in [6, 6.07) is 0. The van der Waals surface area contributed by atoms with E-state index >= 15 is 0 Å². The normalized spacial score (nSPS) is 20.5. The Balaban J connectivity index is 0.000000289. The lowest BCUT2D eigenvalue weighted by molar-refractivity contribution is 0.277. The van der Waals surface area contributed by atoms with Gasteiger partial charge in [0, 0.05) is 20.8 Å². The average molecular weight is 289 g/mol. The van der Waals surface area contributed by atoms with E-state index in [9.17, 15) is 0 Å². The lowest BCUT2D eigenvalue weighted by Crippen LogP contribution is -2.19. The number of hydrogen-bond acceptors (Lipinski definition) is 2. The Morgan fingerprint density at radius 3 is 1.68 bits per heavy atom. The fourth-order valence-electron chi connectivity index (χ4n) is 2.92. The summed E-state index contributed by atoms with van der Waals surface area (Å²) in [5.74, 6) is 1.01. The first-order valence-corrected chi connectivity index (χ1v) is 9.43. The molecule has 0 saturated heterocycles. The van der Waals surface area contributed by atoms with Gasteiger partial charge >= 0.3 is 0 Å². The van der Waals surface area contributed by atoms with Crippen LogP contribution in [0.3, 0.4) is 0 Å². The maximum absolute atomic E-state index is 4.25. The fourth-order valence-corrected chi connectivity index (χ4v) is 3.91. The predicted molar refractivity (Wildman–Crippen MR) is 89.9 cm³/mol. The van der Waals surface area contributed by atoms with Crippen molar-refractivity contribution in [3.8, 4) is 0 Å². The molecule has 0 aliphatic heterocycles. The lowest BCUT2D eigenvalue weighted by Gasteiger charge is -2.14. The van der Waals surface area contributed by atoms with E-state index in [1.807, 2.05) is 0 Å². The van der Waals surface area contributed by atoms with Crippen LogP contribution in [0.5, 0.6) is 0 Å². The highest BCUT2D eigenvalue weighted by atomic mass is 31.1. The fraction of sp³-hybridized carbons (Fsp3) is 1.00. The van der Waals surface area contributed by atoms with Crippen molar-refractivity contribution in [1.82, 2.24) is 4.90 Å². The third kappa shape index (κ3) is 11.8. The quantitative estimate of drug-likeness (QED) is 0.721. The standard InChI is InChI=1S/C8H17N.C6H13P.C2H6O/c1-9(2)7-8-5-3-4-6-8;1-7-6-4-2-3-5-6;1-3-2/h8H,3-7H2,1-2H3;6-7H,2-5H2,1H3;1-2H3. The summed E-state index contributed by atoms with van der Waals surface area (Å²) in [5, 5.41) is 0. The Kier molecular flexibility index (Phi) is 13.6. The molecule has 0 aromatic heterocycles. The van der Waals surface area contributed by atoms with Crippen molar-refractivity contribution in [1.29, 1.82) is 0 Å². The van der Waals surface area contributed by atoms with Crippen molar-refractivity contribution >= 4 is 8.58 Å². The van der Waals surface area contributed by atoms with E-state index in [2.05, 4.69) is 30.4 Å². The molecule has 2 fully saturated rings. The molecule has 0 aromatic rings. The van der Waals surface area contributed by atoms with Gasteiger partial charge in [-0.3, -0.25) is 0 Å². The van der Waals surface area contributed by atoms with Gasteiger partial charge in [-0.2, -0.15) is 0 Å². The van der Waals surface area contributed by atoms with E-state index in [1.54, 1.807) is 14.2 Å². The van der Waals surface area contributed by atoms with Gasteiger partial charge in [-0.1, -0.05) is 25.7 Å². The number of rotatable bonds is 3. The van der Waals surface area contributed by atoms with Crippen LogP contribution < -0.4 is 0 Å².